The van der Waals surface area contributed by atoms with Gasteiger partial charge in [0.05, 0.1) is 5.57 Å². The van der Waals surface area contributed by atoms with Crippen molar-refractivity contribution in [2.45, 2.75) is 235 Å². The zero-order valence-corrected chi connectivity index (χ0v) is 39.5. The van der Waals surface area contributed by atoms with E-state index in [4.69, 9.17) is 0 Å². The Morgan fingerprint density at radius 1 is 0.421 bits per heavy atom. The van der Waals surface area contributed by atoms with E-state index in [1.807, 2.05) is 0 Å². The molecule has 2 aromatic carbocycles. The summed E-state index contributed by atoms with van der Waals surface area (Å²) in [6.45, 7) is 18.5. The van der Waals surface area contributed by atoms with Gasteiger partial charge >= 0.3 is 0 Å². The van der Waals surface area contributed by atoms with Gasteiger partial charge in [0, 0.05) is 33.2 Å². The second kappa shape index (κ2) is 29.9. The summed E-state index contributed by atoms with van der Waals surface area (Å²) in [4.78, 5) is 0. The standard InChI is InChI=1S/C54H86N2.Ni/c1-9-17-25-26-30-38-52-51(36-24-16-8)53(47-39-43(31-21-13-5)49(35-23-15-7)44(40-47)32-22-14-6)56(55)54(52)48-41-45(33-27-18-10-2)50(37-29-20-12-4)46(42-48)34-28-19-11-3;/h30,38-42H,9-29,31-37H2,1-8H3;. The fourth-order valence-electron chi connectivity index (χ4n) is 8.87. The molecular weight excluding hydrogens is 735 g/mol. The van der Waals surface area contributed by atoms with Crippen molar-refractivity contribution >= 4 is 11.4 Å². The molecule has 322 valence electrons. The van der Waals surface area contributed by atoms with E-state index in [9.17, 15) is 5.53 Å². The van der Waals surface area contributed by atoms with Gasteiger partial charge in [-0.1, -0.05) is 145 Å². The maximum atomic E-state index is 12.9. The van der Waals surface area contributed by atoms with Crippen LogP contribution >= 0.6 is 0 Å². The van der Waals surface area contributed by atoms with Gasteiger partial charge < -0.3 is 5.53 Å². The Balaban J connectivity index is 0.0000112. The zero-order chi connectivity index (χ0) is 40.5. The topological polar surface area (TPSA) is 25.3 Å². The number of nitrogens with zero attached hydrogens (tertiary/aromatic N) is 2. The number of allylic oxidation sites excluding steroid dienone is 4. The second-order valence-electron chi connectivity index (χ2n) is 17.1. The first-order chi connectivity index (χ1) is 27.4. The molecule has 0 amide bonds. The Morgan fingerprint density at radius 3 is 1.23 bits per heavy atom. The van der Waals surface area contributed by atoms with Crippen LogP contribution in [0.15, 0.2) is 47.6 Å². The number of aryl methyl sites for hydroxylation is 4. The fraction of sp³-hybridized carbons (Fsp3) is 0.667. The summed E-state index contributed by atoms with van der Waals surface area (Å²) in [5, 5.41) is 0. The Bertz CT molecular complexity index is 1500. The molecule has 0 saturated heterocycles. The molecule has 57 heavy (non-hydrogen) atoms. The van der Waals surface area contributed by atoms with Crippen molar-refractivity contribution in [3.8, 4) is 0 Å². The molecule has 0 aliphatic carbocycles. The van der Waals surface area contributed by atoms with Crippen LogP contribution in [0, 0.1) is 0 Å². The van der Waals surface area contributed by atoms with E-state index < -0.39 is 0 Å². The summed E-state index contributed by atoms with van der Waals surface area (Å²) in [6.07, 6.45) is 38.3. The van der Waals surface area contributed by atoms with Crippen LogP contribution in [0.3, 0.4) is 0 Å². The third kappa shape index (κ3) is 15.7. The first kappa shape index (κ1) is 50.9. The molecule has 0 unspecified atom stereocenters. The minimum absolute atomic E-state index is 0. The van der Waals surface area contributed by atoms with Gasteiger partial charge in [-0.3, -0.25) is 0 Å². The van der Waals surface area contributed by atoms with Crippen molar-refractivity contribution in [1.82, 2.24) is 0 Å². The van der Waals surface area contributed by atoms with Crippen LogP contribution in [0.1, 0.15) is 241 Å². The molecule has 0 saturated carbocycles. The molecule has 3 rings (SSSR count). The quantitative estimate of drug-likeness (QED) is 0.0411. The third-order valence-corrected chi connectivity index (χ3v) is 12.3. The number of unbranched alkanes of at least 4 members (excludes halogenated alkanes) is 13. The maximum Gasteiger partial charge on any atom is 0.215 e. The number of hydrogen-bond donors (Lipinski definition) is 0. The molecule has 0 radical (unpaired) electrons. The Morgan fingerprint density at radius 2 is 0.772 bits per heavy atom. The molecule has 0 fully saturated rings. The number of rotatable bonds is 31. The van der Waals surface area contributed by atoms with Crippen molar-refractivity contribution in [2.75, 3.05) is 0 Å². The van der Waals surface area contributed by atoms with E-state index in [2.05, 4.69) is 91.8 Å². The summed E-state index contributed by atoms with van der Waals surface area (Å²) in [7, 11) is 0. The monoisotopic (exact) mass is 821 g/mol. The molecule has 1 aliphatic heterocycles. The van der Waals surface area contributed by atoms with Gasteiger partial charge in [-0.25, -0.2) is 4.70 Å². The van der Waals surface area contributed by atoms with E-state index in [1.54, 1.807) is 27.0 Å². The summed E-state index contributed by atoms with van der Waals surface area (Å²) >= 11 is 0. The Kier molecular flexibility index (Phi) is 26.7. The van der Waals surface area contributed by atoms with Gasteiger partial charge in [0.2, 0.25) is 11.4 Å². The average molecular weight is 822 g/mol. The van der Waals surface area contributed by atoms with E-state index >= 15 is 0 Å². The van der Waals surface area contributed by atoms with E-state index in [0.29, 0.717) is 0 Å². The first-order valence-electron chi connectivity index (χ1n) is 24.4. The van der Waals surface area contributed by atoms with E-state index in [-0.39, 0.29) is 16.5 Å². The molecule has 0 aromatic heterocycles. The second-order valence-corrected chi connectivity index (χ2v) is 17.1. The Labute approximate surface area is 363 Å². The van der Waals surface area contributed by atoms with Crippen molar-refractivity contribution in [3.63, 3.8) is 0 Å². The molecule has 0 bridgehead atoms. The summed E-state index contributed by atoms with van der Waals surface area (Å²) in [5.41, 5.74) is 29.4. The normalized spacial score (nSPS) is 13.2. The summed E-state index contributed by atoms with van der Waals surface area (Å²) in [6, 6.07) is 10.1. The third-order valence-electron chi connectivity index (χ3n) is 12.3. The molecule has 1 heterocycles. The minimum Gasteiger partial charge on any atom is -0.493 e. The van der Waals surface area contributed by atoms with Crippen LogP contribution in [-0.2, 0) is 55.0 Å². The molecular formula is C54H86N2Ni. The summed E-state index contributed by atoms with van der Waals surface area (Å²) in [5.74, 6) is 0. The number of hydrogen-bond acceptors (Lipinski definition) is 0. The van der Waals surface area contributed by atoms with Crippen LogP contribution in [-0.4, -0.2) is 4.70 Å². The van der Waals surface area contributed by atoms with Gasteiger partial charge in [-0.05, 0) is 160 Å². The van der Waals surface area contributed by atoms with Gasteiger partial charge in [-0.2, -0.15) is 0 Å². The number of benzene rings is 2. The van der Waals surface area contributed by atoms with Crippen molar-refractivity contribution < 1.29 is 21.2 Å². The van der Waals surface area contributed by atoms with Crippen LogP contribution in [0.5, 0.6) is 0 Å². The molecule has 0 N–H and O–H groups in total. The average Bonchev–Trinajstić information content (AvgIpc) is 3.48. The summed E-state index contributed by atoms with van der Waals surface area (Å²) < 4.78 is 1.68. The Hall–Kier alpha value is -2.25. The van der Waals surface area contributed by atoms with E-state index in [0.717, 1.165) is 62.8 Å². The van der Waals surface area contributed by atoms with Crippen molar-refractivity contribution in [2.24, 2.45) is 0 Å². The predicted octanol–water partition coefficient (Wildman–Crippen LogP) is 17.4. The molecule has 0 spiro atoms. The molecule has 2 nitrogen and oxygen atoms in total. The smallest absolute Gasteiger partial charge is 0.215 e. The first-order valence-corrected chi connectivity index (χ1v) is 24.4. The SMILES string of the molecule is CCCCCC=CC1=C(c2cc(CCCCC)c(CCCCC)c(CCCCC)c2)[N+](=[N-])C(c2cc(CCCC)c(CCCC)c(CCCC)c2)=C1CCCC.[Ni]. The van der Waals surface area contributed by atoms with E-state index in [1.165, 1.54) is 162 Å². The van der Waals surface area contributed by atoms with Gasteiger partial charge in [0.15, 0.2) is 0 Å². The maximum absolute atomic E-state index is 12.9. The molecule has 3 heteroatoms. The minimum atomic E-state index is 0. The predicted molar refractivity (Wildman–Crippen MR) is 249 cm³/mol. The van der Waals surface area contributed by atoms with Gasteiger partial charge in [0.1, 0.15) is 0 Å². The van der Waals surface area contributed by atoms with Gasteiger partial charge in [-0.15, -0.1) is 0 Å². The zero-order valence-electron chi connectivity index (χ0n) is 38.5. The van der Waals surface area contributed by atoms with Crippen LogP contribution in [0.4, 0.5) is 0 Å². The molecule has 1 aliphatic rings. The van der Waals surface area contributed by atoms with Crippen molar-refractivity contribution in [1.29, 1.82) is 0 Å². The van der Waals surface area contributed by atoms with Gasteiger partial charge in [0.25, 0.3) is 0 Å². The van der Waals surface area contributed by atoms with Crippen LogP contribution in [0.2, 0.25) is 0 Å². The fourth-order valence-corrected chi connectivity index (χ4v) is 8.87. The van der Waals surface area contributed by atoms with Crippen molar-refractivity contribution in [3.05, 3.63) is 97.6 Å². The van der Waals surface area contributed by atoms with Crippen LogP contribution < -0.4 is 0 Å². The molecule has 2 aromatic rings. The molecule has 0 atom stereocenters. The van der Waals surface area contributed by atoms with Crippen LogP contribution in [0.25, 0.3) is 16.9 Å². The largest absolute Gasteiger partial charge is 0.493 e.